The molecule has 0 aromatic heterocycles. The summed E-state index contributed by atoms with van der Waals surface area (Å²) in [6.07, 6.45) is -1.17. The van der Waals surface area contributed by atoms with Crippen LogP contribution in [-0.2, 0) is 16.1 Å². The molecule has 26 heavy (non-hydrogen) atoms. The van der Waals surface area contributed by atoms with Crippen LogP contribution in [0.1, 0.15) is 28.4 Å². The summed E-state index contributed by atoms with van der Waals surface area (Å²) < 4.78 is 5.02. The van der Waals surface area contributed by atoms with E-state index in [-0.39, 0.29) is 12.1 Å². The first-order valence-corrected chi connectivity index (χ1v) is 7.83. The maximum atomic E-state index is 12.0. The standard InChI is InChI=1S/C19H17N3O4/c1-13(26-18(24)16-9-5-8-15(10-16)11-20)17(23)22-19(25)21-12-14-6-3-2-4-7-14/h2-10,13H,12H2,1H3,(H2,21,22,23,25). The number of esters is 1. The Morgan fingerprint density at radius 2 is 1.85 bits per heavy atom. The minimum Gasteiger partial charge on any atom is -0.449 e. The highest BCUT2D eigenvalue weighted by Crippen LogP contribution is 2.07. The fourth-order valence-electron chi connectivity index (χ4n) is 2.03. The minimum absolute atomic E-state index is 0.150. The summed E-state index contributed by atoms with van der Waals surface area (Å²) in [5, 5.41) is 13.5. The number of carbonyl (C=O) groups excluding carboxylic acids is 3. The molecule has 0 saturated heterocycles. The number of nitriles is 1. The van der Waals surface area contributed by atoms with Gasteiger partial charge in [0.25, 0.3) is 5.91 Å². The van der Waals surface area contributed by atoms with Crippen LogP contribution < -0.4 is 10.6 Å². The molecule has 2 aromatic rings. The predicted molar refractivity (Wildman–Crippen MR) is 92.9 cm³/mol. The maximum Gasteiger partial charge on any atom is 0.338 e. The van der Waals surface area contributed by atoms with Crippen LogP contribution in [0, 0.1) is 11.3 Å². The van der Waals surface area contributed by atoms with Gasteiger partial charge in [0.1, 0.15) is 0 Å². The third-order valence-electron chi connectivity index (χ3n) is 3.41. The van der Waals surface area contributed by atoms with Crippen molar-refractivity contribution < 1.29 is 19.1 Å². The van der Waals surface area contributed by atoms with E-state index in [0.717, 1.165) is 5.56 Å². The van der Waals surface area contributed by atoms with Crippen molar-refractivity contribution in [1.82, 2.24) is 10.6 Å². The van der Waals surface area contributed by atoms with Crippen LogP contribution in [0.3, 0.4) is 0 Å². The summed E-state index contributed by atoms with van der Waals surface area (Å²) in [7, 11) is 0. The van der Waals surface area contributed by atoms with Gasteiger partial charge in [0.15, 0.2) is 6.10 Å². The molecule has 0 bridgehead atoms. The Kier molecular flexibility index (Phi) is 6.46. The number of amides is 3. The lowest BCUT2D eigenvalue weighted by atomic mass is 10.1. The molecule has 7 nitrogen and oxygen atoms in total. The van der Waals surface area contributed by atoms with Crippen molar-refractivity contribution in [2.45, 2.75) is 19.6 Å². The van der Waals surface area contributed by atoms with E-state index in [2.05, 4.69) is 10.6 Å². The molecule has 1 unspecified atom stereocenters. The summed E-state index contributed by atoms with van der Waals surface area (Å²) in [6, 6.07) is 16.3. The van der Waals surface area contributed by atoms with Gasteiger partial charge in [0.2, 0.25) is 0 Å². The number of carbonyl (C=O) groups is 3. The van der Waals surface area contributed by atoms with Gasteiger partial charge in [-0.1, -0.05) is 36.4 Å². The number of urea groups is 1. The molecular weight excluding hydrogens is 334 g/mol. The van der Waals surface area contributed by atoms with Gasteiger partial charge < -0.3 is 10.1 Å². The first-order chi connectivity index (χ1) is 12.5. The van der Waals surface area contributed by atoms with E-state index < -0.39 is 24.0 Å². The molecule has 0 saturated carbocycles. The van der Waals surface area contributed by atoms with E-state index in [1.807, 2.05) is 36.4 Å². The Bertz CT molecular complexity index is 843. The monoisotopic (exact) mass is 351 g/mol. The van der Waals surface area contributed by atoms with E-state index in [1.54, 1.807) is 6.07 Å². The molecule has 0 fully saturated rings. The highest BCUT2D eigenvalue weighted by molar-refractivity contribution is 5.98. The zero-order valence-electron chi connectivity index (χ0n) is 14.1. The first kappa shape index (κ1) is 18.7. The SMILES string of the molecule is CC(OC(=O)c1cccc(C#N)c1)C(=O)NC(=O)NCc1ccccc1. The van der Waals surface area contributed by atoms with Crippen molar-refractivity contribution in [2.75, 3.05) is 0 Å². The number of benzene rings is 2. The molecule has 2 N–H and O–H groups in total. The van der Waals surface area contributed by atoms with Crippen LogP contribution in [0.4, 0.5) is 4.79 Å². The average molecular weight is 351 g/mol. The summed E-state index contributed by atoms with van der Waals surface area (Å²) in [5.41, 5.74) is 1.33. The second kappa shape index (κ2) is 8.99. The fraction of sp³-hybridized carbons (Fsp3) is 0.158. The zero-order chi connectivity index (χ0) is 18.9. The molecule has 0 aliphatic rings. The molecule has 0 radical (unpaired) electrons. The van der Waals surface area contributed by atoms with Gasteiger partial charge in [-0.2, -0.15) is 5.26 Å². The number of hydrogen-bond donors (Lipinski definition) is 2. The van der Waals surface area contributed by atoms with Gasteiger partial charge >= 0.3 is 12.0 Å². The van der Waals surface area contributed by atoms with Crippen LogP contribution in [0.5, 0.6) is 0 Å². The summed E-state index contributed by atoms with van der Waals surface area (Å²) in [5.74, 6) is -1.50. The normalized spacial score (nSPS) is 10.9. The molecule has 7 heteroatoms. The van der Waals surface area contributed by atoms with Gasteiger partial charge in [-0.3, -0.25) is 10.1 Å². The molecule has 0 aliphatic heterocycles. The minimum atomic E-state index is -1.17. The quantitative estimate of drug-likeness (QED) is 0.802. The highest BCUT2D eigenvalue weighted by atomic mass is 16.5. The number of ether oxygens (including phenoxy) is 1. The lowest BCUT2D eigenvalue weighted by molar-refractivity contribution is -0.127. The van der Waals surface area contributed by atoms with Crippen molar-refractivity contribution in [1.29, 1.82) is 5.26 Å². The molecule has 132 valence electrons. The van der Waals surface area contributed by atoms with E-state index in [0.29, 0.717) is 5.56 Å². The van der Waals surface area contributed by atoms with Crippen LogP contribution in [0.2, 0.25) is 0 Å². The molecular formula is C19H17N3O4. The number of nitrogens with one attached hydrogen (secondary N) is 2. The van der Waals surface area contributed by atoms with E-state index in [9.17, 15) is 14.4 Å². The maximum absolute atomic E-state index is 12.0. The number of nitrogens with zero attached hydrogens (tertiary/aromatic N) is 1. The lowest BCUT2D eigenvalue weighted by Gasteiger charge is -2.13. The topological polar surface area (TPSA) is 108 Å². The Labute approximate surface area is 150 Å². The first-order valence-electron chi connectivity index (χ1n) is 7.83. The number of rotatable bonds is 5. The van der Waals surface area contributed by atoms with Crippen molar-refractivity contribution in [3.05, 3.63) is 71.3 Å². The van der Waals surface area contributed by atoms with E-state index in [1.165, 1.54) is 25.1 Å². The molecule has 3 amide bonds. The average Bonchev–Trinajstić information content (AvgIpc) is 2.67. The van der Waals surface area contributed by atoms with Gasteiger partial charge in [0, 0.05) is 6.54 Å². The predicted octanol–water partition coefficient (Wildman–Crippen LogP) is 2.13. The third-order valence-corrected chi connectivity index (χ3v) is 3.41. The zero-order valence-corrected chi connectivity index (χ0v) is 14.1. The molecule has 0 aliphatic carbocycles. The number of hydrogen-bond acceptors (Lipinski definition) is 5. The van der Waals surface area contributed by atoms with Gasteiger partial charge in [0.05, 0.1) is 17.2 Å². The molecule has 1 atom stereocenters. The Balaban J connectivity index is 1.83. The Morgan fingerprint density at radius 3 is 2.54 bits per heavy atom. The van der Waals surface area contributed by atoms with Crippen molar-refractivity contribution in [3.8, 4) is 6.07 Å². The lowest BCUT2D eigenvalue weighted by Crippen LogP contribution is -2.44. The van der Waals surface area contributed by atoms with E-state index in [4.69, 9.17) is 10.00 Å². The number of imide groups is 1. The van der Waals surface area contributed by atoms with Crippen molar-refractivity contribution in [2.24, 2.45) is 0 Å². The summed E-state index contributed by atoms with van der Waals surface area (Å²) in [6.45, 7) is 1.61. The Hall–Kier alpha value is -3.66. The Morgan fingerprint density at radius 1 is 1.12 bits per heavy atom. The van der Waals surface area contributed by atoms with Crippen LogP contribution >= 0.6 is 0 Å². The fourth-order valence-corrected chi connectivity index (χ4v) is 2.03. The van der Waals surface area contributed by atoms with Crippen molar-refractivity contribution >= 4 is 17.9 Å². The summed E-state index contributed by atoms with van der Waals surface area (Å²) >= 11 is 0. The molecule has 2 rings (SSSR count). The van der Waals surface area contributed by atoms with Crippen molar-refractivity contribution in [3.63, 3.8) is 0 Å². The van der Waals surface area contributed by atoms with Crippen LogP contribution in [-0.4, -0.2) is 24.0 Å². The molecule has 2 aromatic carbocycles. The molecule has 0 spiro atoms. The van der Waals surface area contributed by atoms with E-state index >= 15 is 0 Å². The summed E-state index contributed by atoms with van der Waals surface area (Å²) in [4.78, 5) is 35.7. The third kappa shape index (κ3) is 5.46. The largest absolute Gasteiger partial charge is 0.449 e. The van der Waals surface area contributed by atoms with Gasteiger partial charge in [-0.05, 0) is 30.7 Å². The van der Waals surface area contributed by atoms with Gasteiger partial charge in [-0.25, -0.2) is 9.59 Å². The smallest absolute Gasteiger partial charge is 0.338 e. The van der Waals surface area contributed by atoms with Crippen LogP contribution in [0.15, 0.2) is 54.6 Å². The second-order valence-electron chi connectivity index (χ2n) is 5.40. The van der Waals surface area contributed by atoms with Gasteiger partial charge in [-0.15, -0.1) is 0 Å². The highest BCUT2D eigenvalue weighted by Gasteiger charge is 2.20. The second-order valence-corrected chi connectivity index (χ2v) is 5.40. The van der Waals surface area contributed by atoms with Crippen LogP contribution in [0.25, 0.3) is 0 Å². The molecule has 0 heterocycles.